The summed E-state index contributed by atoms with van der Waals surface area (Å²) >= 11 is 0. The average molecular weight is 308 g/mol. The molecular weight excluding hydrogens is 305 g/mol. The van der Waals surface area contributed by atoms with Crippen LogP contribution in [-0.4, -0.2) is 20.1 Å². The van der Waals surface area contributed by atoms with Crippen LogP contribution < -0.4 is 0 Å². The van der Waals surface area contributed by atoms with Gasteiger partial charge >= 0.3 is 22.4 Å². The molecule has 0 aliphatic heterocycles. The predicted octanol–water partition coefficient (Wildman–Crippen LogP) is -0.909. The number of rotatable bonds is 1. The van der Waals surface area contributed by atoms with Gasteiger partial charge in [-0.1, -0.05) is 0 Å². The maximum atomic E-state index is 9.22. The summed E-state index contributed by atoms with van der Waals surface area (Å²) < 4.78 is 31.0. The maximum absolute atomic E-state index is 9.22. The summed E-state index contributed by atoms with van der Waals surface area (Å²) in [6.45, 7) is 0. The fraction of sp³-hybridized carbons (Fsp3) is 1.00. The summed E-state index contributed by atoms with van der Waals surface area (Å²) in [7, 11) is -3.60. The van der Waals surface area contributed by atoms with Gasteiger partial charge in [-0.3, -0.25) is 4.18 Å². The van der Waals surface area contributed by atoms with Crippen LogP contribution in [0, 0.1) is 0 Å². The van der Waals surface area contributed by atoms with Gasteiger partial charge in [0.15, 0.2) is 0 Å². The molecule has 0 unspecified atom stereocenters. The number of hydrogen-bond donors (Lipinski definition) is 0. The van der Waals surface area contributed by atoms with E-state index in [1.54, 1.807) is 0 Å². The molecule has 0 saturated carbocycles. The van der Waals surface area contributed by atoms with Crippen LogP contribution in [0.5, 0.6) is 0 Å². The normalized spacial score (nSPS) is 10.0. The predicted molar refractivity (Wildman–Crippen MR) is 16.7 cm³/mol. The van der Waals surface area contributed by atoms with Gasteiger partial charge in [0.25, 0.3) is 0 Å². The first-order chi connectivity index (χ1) is 2.56. The molecule has 48 valence electrons. The van der Waals surface area contributed by atoms with Crippen LogP contribution in [0.4, 0.5) is 0 Å². The summed E-state index contributed by atoms with van der Waals surface area (Å²) in [4.78, 5) is 0. The maximum Gasteiger partial charge on any atom is 1.00 e. The van der Waals surface area contributed by atoms with Crippen LogP contribution in [-0.2, 0) is 37.0 Å². The van der Waals surface area contributed by atoms with Gasteiger partial charge in [-0.25, -0.2) is 8.42 Å². The Labute approximate surface area is 57.3 Å². The first kappa shape index (κ1) is 10.6. The minimum absolute atomic E-state index is 0. The summed E-state index contributed by atoms with van der Waals surface area (Å²) in [5.74, 6) is 0. The van der Waals surface area contributed by atoms with E-state index in [0.717, 1.165) is 7.11 Å². The van der Waals surface area contributed by atoms with Crippen LogP contribution >= 0.6 is 0 Å². The van der Waals surface area contributed by atoms with E-state index < -0.39 is 10.4 Å². The van der Waals surface area contributed by atoms with Crippen LogP contribution in [0.1, 0.15) is 0 Å². The van der Waals surface area contributed by atoms with E-state index in [9.17, 15) is 13.0 Å². The Morgan fingerprint density at radius 2 is 1.71 bits per heavy atom. The summed E-state index contributed by atoms with van der Waals surface area (Å²) in [6, 6.07) is 0. The molecule has 0 atom stereocenters. The van der Waals surface area contributed by atoms with E-state index in [-0.39, 0.29) is 22.4 Å². The molecule has 0 radical (unpaired) electrons. The molecule has 0 amide bonds. The largest absolute Gasteiger partial charge is 1.00 e. The van der Waals surface area contributed by atoms with Gasteiger partial charge in [-0.05, 0) is 0 Å². The molecule has 0 fully saturated rings. The molecule has 0 spiro atoms. The first-order valence-corrected chi connectivity index (χ1v) is 2.41. The van der Waals surface area contributed by atoms with E-state index in [1.807, 2.05) is 0 Å². The molecule has 7 heavy (non-hydrogen) atoms. The van der Waals surface area contributed by atoms with Gasteiger partial charge in [-0.2, -0.15) is 0 Å². The van der Waals surface area contributed by atoms with Gasteiger partial charge in [0, 0.05) is 0 Å². The van der Waals surface area contributed by atoms with E-state index in [1.165, 1.54) is 0 Å². The molecule has 0 aliphatic carbocycles. The third-order valence-electron chi connectivity index (χ3n) is 0.204. The fourth-order valence-corrected chi connectivity index (χ4v) is 0. The molecule has 0 aromatic rings. The minimum Gasteiger partial charge on any atom is -0.726 e. The van der Waals surface area contributed by atoms with E-state index in [4.69, 9.17) is 0 Å². The Hall–Kier alpha value is 0.610. The Balaban J connectivity index is 0. The van der Waals surface area contributed by atoms with Crippen molar-refractivity contribution in [2.45, 2.75) is 0 Å². The molecule has 0 N–H and O–H groups in total. The third-order valence-corrected chi connectivity index (χ3v) is 0.612. The second kappa shape index (κ2) is 3.59. The standard InChI is InChI=1S/CH4O4S.Au/c1-5-6(2,3)4;/h1H3,(H,2,3,4);/q;+1/p-1. The molecule has 0 rings (SSSR count). The summed E-state index contributed by atoms with van der Waals surface area (Å²) in [5, 5.41) is 0. The van der Waals surface area contributed by atoms with Crippen LogP contribution in [0.15, 0.2) is 0 Å². The Morgan fingerprint density at radius 3 is 1.71 bits per heavy atom. The number of hydrogen-bond acceptors (Lipinski definition) is 4. The van der Waals surface area contributed by atoms with Crippen molar-refractivity contribution in [3.8, 4) is 0 Å². The van der Waals surface area contributed by atoms with Crippen molar-refractivity contribution in [2.24, 2.45) is 0 Å². The Kier molecular flexibility index (Phi) is 5.42. The Morgan fingerprint density at radius 1 is 1.57 bits per heavy atom. The van der Waals surface area contributed by atoms with E-state index >= 15 is 0 Å². The van der Waals surface area contributed by atoms with E-state index in [0.29, 0.717) is 0 Å². The second-order valence-electron chi connectivity index (χ2n) is 0.575. The molecular formula is CH3AuO4S. The van der Waals surface area contributed by atoms with Gasteiger partial charge < -0.3 is 4.55 Å². The van der Waals surface area contributed by atoms with Crippen LogP contribution in [0.25, 0.3) is 0 Å². The van der Waals surface area contributed by atoms with E-state index in [2.05, 4.69) is 4.18 Å². The van der Waals surface area contributed by atoms with Crippen molar-refractivity contribution < 1.29 is 39.5 Å². The zero-order valence-electron chi connectivity index (χ0n) is 3.34. The van der Waals surface area contributed by atoms with Crippen molar-refractivity contribution in [1.82, 2.24) is 0 Å². The average Bonchev–Trinajstić information content (AvgIpc) is 1.35. The molecule has 0 heterocycles. The van der Waals surface area contributed by atoms with Crippen molar-refractivity contribution in [3.05, 3.63) is 0 Å². The molecule has 0 aromatic heterocycles. The molecule has 0 aromatic carbocycles. The first-order valence-electron chi connectivity index (χ1n) is 1.07. The van der Waals surface area contributed by atoms with Crippen molar-refractivity contribution in [3.63, 3.8) is 0 Å². The molecule has 0 bridgehead atoms. The zero-order valence-corrected chi connectivity index (χ0v) is 6.33. The molecule has 6 heteroatoms. The monoisotopic (exact) mass is 308 g/mol. The SMILES string of the molecule is COS(=O)(=O)[O-].[Au+]. The van der Waals surface area contributed by atoms with Crippen molar-refractivity contribution in [2.75, 3.05) is 7.11 Å². The second-order valence-corrected chi connectivity index (χ2v) is 1.72. The zero-order chi connectivity index (χ0) is 5.21. The minimum atomic E-state index is -4.41. The van der Waals surface area contributed by atoms with Gasteiger partial charge in [0.2, 0.25) is 10.4 Å². The smallest absolute Gasteiger partial charge is 0.726 e. The third kappa shape index (κ3) is 10.8. The van der Waals surface area contributed by atoms with Crippen LogP contribution in [0.2, 0.25) is 0 Å². The van der Waals surface area contributed by atoms with Crippen LogP contribution in [0.3, 0.4) is 0 Å². The summed E-state index contributed by atoms with van der Waals surface area (Å²) in [5.41, 5.74) is 0. The molecule has 0 saturated heterocycles. The summed E-state index contributed by atoms with van der Waals surface area (Å²) in [6.07, 6.45) is 0. The van der Waals surface area contributed by atoms with Gasteiger partial charge in [-0.15, -0.1) is 0 Å². The van der Waals surface area contributed by atoms with Crippen molar-refractivity contribution in [1.29, 1.82) is 0 Å². The fourth-order valence-electron chi connectivity index (χ4n) is 0. The van der Waals surface area contributed by atoms with Gasteiger partial charge in [0.1, 0.15) is 0 Å². The van der Waals surface area contributed by atoms with Gasteiger partial charge in [0.05, 0.1) is 7.11 Å². The molecule has 4 nitrogen and oxygen atoms in total. The molecule has 0 aliphatic rings. The van der Waals surface area contributed by atoms with Crippen molar-refractivity contribution >= 4 is 10.4 Å². The Bertz CT molecular complexity index is 114. The topological polar surface area (TPSA) is 66.4 Å². The quantitative estimate of drug-likeness (QED) is 0.357.